The van der Waals surface area contributed by atoms with Crippen molar-refractivity contribution in [3.63, 3.8) is 0 Å². The van der Waals surface area contributed by atoms with Gasteiger partial charge in [0, 0.05) is 17.0 Å². The van der Waals surface area contributed by atoms with E-state index in [0.29, 0.717) is 12.2 Å². The van der Waals surface area contributed by atoms with E-state index in [1.165, 1.54) is 21.2 Å². The van der Waals surface area contributed by atoms with Crippen LogP contribution in [-0.4, -0.2) is 5.78 Å². The number of Topliss-reactive ketones (excluding diaryl/α,β-unsaturated/α-hetero) is 1. The Morgan fingerprint density at radius 2 is 1.71 bits per heavy atom. The van der Waals surface area contributed by atoms with Gasteiger partial charge in [0.15, 0.2) is 0 Å². The van der Waals surface area contributed by atoms with Crippen molar-refractivity contribution in [3.8, 4) is 0 Å². The third-order valence-corrected chi connectivity index (χ3v) is 7.10. The van der Waals surface area contributed by atoms with E-state index >= 15 is 0 Å². The monoisotopic (exact) mass is 385 g/mol. The summed E-state index contributed by atoms with van der Waals surface area (Å²) in [5, 5.41) is 6.13. The molecule has 0 amide bonds. The number of fused-ring (bicyclic) bond motifs is 3. The molecule has 3 aromatic rings. The van der Waals surface area contributed by atoms with Crippen LogP contribution in [0.3, 0.4) is 0 Å². The number of allylic oxidation sites excluding steroid dienone is 2. The molecule has 0 bridgehead atoms. The molecule has 3 heteroatoms. The Morgan fingerprint density at radius 3 is 2.61 bits per heavy atom. The van der Waals surface area contributed by atoms with Gasteiger partial charge in [-0.05, 0) is 33.9 Å². The van der Waals surface area contributed by atoms with E-state index in [1.54, 1.807) is 0 Å². The average molecular weight is 386 g/mol. The fourth-order valence-electron chi connectivity index (χ4n) is 4.51. The summed E-state index contributed by atoms with van der Waals surface area (Å²) in [6, 6.07) is 23.3. The molecule has 28 heavy (non-hydrogen) atoms. The number of hydrogen-bond acceptors (Lipinski definition) is 3. The highest BCUT2D eigenvalue weighted by atomic mass is 32.2. The van der Waals surface area contributed by atoms with E-state index in [1.807, 2.05) is 11.8 Å². The molecule has 2 atom stereocenters. The van der Waals surface area contributed by atoms with E-state index < -0.39 is 0 Å². The first kappa shape index (κ1) is 17.6. The molecule has 5 rings (SSSR count). The van der Waals surface area contributed by atoms with Crippen LogP contribution in [0.25, 0.3) is 10.8 Å². The number of nitrogens with one attached hydrogen (secondary N) is 1. The minimum absolute atomic E-state index is 0.0529. The molecule has 0 spiro atoms. The van der Waals surface area contributed by atoms with Crippen molar-refractivity contribution in [1.82, 2.24) is 0 Å². The first-order chi connectivity index (χ1) is 13.5. The predicted molar refractivity (Wildman–Crippen MR) is 118 cm³/mol. The first-order valence-corrected chi connectivity index (χ1v) is 10.7. The second-order valence-corrected chi connectivity index (χ2v) is 9.62. The Hall–Kier alpha value is -2.52. The van der Waals surface area contributed by atoms with Gasteiger partial charge in [0.25, 0.3) is 0 Å². The second-order valence-electron chi connectivity index (χ2n) is 8.44. The molecule has 1 aliphatic heterocycles. The van der Waals surface area contributed by atoms with Gasteiger partial charge in [-0.2, -0.15) is 0 Å². The quantitative estimate of drug-likeness (QED) is 0.512. The Labute approximate surface area is 170 Å². The molecule has 0 fully saturated rings. The van der Waals surface area contributed by atoms with Crippen LogP contribution in [0, 0.1) is 11.3 Å². The molecule has 2 aliphatic rings. The summed E-state index contributed by atoms with van der Waals surface area (Å²) in [5.74, 6) is 0.171. The topological polar surface area (TPSA) is 29.1 Å². The number of ketones is 1. The summed E-state index contributed by atoms with van der Waals surface area (Å²) in [4.78, 5) is 14.6. The summed E-state index contributed by atoms with van der Waals surface area (Å²) in [7, 11) is 0. The van der Waals surface area contributed by atoms with Crippen LogP contribution in [0.5, 0.6) is 0 Å². The Morgan fingerprint density at radius 1 is 0.964 bits per heavy atom. The number of carbonyl (C=O) groups is 1. The standard InChI is InChI=1S/C25H23NOS/c1-25(2)14-20-23(21(27)15-25)24(28-22-13-6-5-12-19(22)26-20)18-11-7-9-16-8-3-4-10-17(16)18/h3-14,23-24,26H,15H2,1-2H3/t23-,24+/m0/s1. The molecule has 140 valence electrons. The van der Waals surface area contributed by atoms with Crippen molar-refractivity contribution < 1.29 is 4.79 Å². The molecular weight excluding hydrogens is 362 g/mol. The summed E-state index contributed by atoms with van der Waals surface area (Å²) in [6.07, 6.45) is 2.86. The van der Waals surface area contributed by atoms with Crippen molar-refractivity contribution in [2.24, 2.45) is 11.3 Å². The largest absolute Gasteiger partial charge is 0.358 e. The van der Waals surface area contributed by atoms with Crippen LogP contribution in [0.4, 0.5) is 5.69 Å². The zero-order chi connectivity index (χ0) is 19.3. The number of hydrogen-bond donors (Lipinski definition) is 1. The lowest BCUT2D eigenvalue weighted by atomic mass is 9.74. The number of benzene rings is 3. The van der Waals surface area contributed by atoms with Gasteiger partial charge >= 0.3 is 0 Å². The third-order valence-electron chi connectivity index (χ3n) is 5.71. The van der Waals surface area contributed by atoms with Crippen molar-refractivity contribution in [3.05, 3.63) is 84.1 Å². The summed E-state index contributed by atoms with van der Waals surface area (Å²) >= 11 is 1.81. The van der Waals surface area contributed by atoms with Crippen molar-refractivity contribution in [1.29, 1.82) is 0 Å². The van der Waals surface area contributed by atoms with Crippen LogP contribution in [-0.2, 0) is 4.79 Å². The number of anilines is 1. The van der Waals surface area contributed by atoms with Gasteiger partial charge in [0.2, 0.25) is 0 Å². The molecule has 2 nitrogen and oxygen atoms in total. The van der Waals surface area contributed by atoms with Crippen LogP contribution >= 0.6 is 11.8 Å². The maximum Gasteiger partial charge on any atom is 0.144 e. The minimum Gasteiger partial charge on any atom is -0.358 e. The summed E-state index contributed by atoms with van der Waals surface area (Å²) in [5.41, 5.74) is 3.27. The van der Waals surface area contributed by atoms with Gasteiger partial charge in [0.05, 0.1) is 16.9 Å². The Balaban J connectivity index is 1.74. The van der Waals surface area contributed by atoms with Crippen molar-refractivity contribution in [2.45, 2.75) is 30.4 Å². The fourth-order valence-corrected chi connectivity index (χ4v) is 5.96. The van der Waals surface area contributed by atoms with E-state index in [4.69, 9.17) is 0 Å². The van der Waals surface area contributed by atoms with Gasteiger partial charge in [-0.25, -0.2) is 0 Å². The van der Waals surface area contributed by atoms with Gasteiger partial charge < -0.3 is 5.32 Å². The van der Waals surface area contributed by atoms with E-state index in [9.17, 15) is 4.79 Å². The zero-order valence-electron chi connectivity index (χ0n) is 16.1. The molecule has 1 N–H and O–H groups in total. The highest BCUT2D eigenvalue weighted by Crippen LogP contribution is 2.53. The number of rotatable bonds is 1. The number of para-hydroxylation sites is 1. The molecule has 3 aromatic carbocycles. The third kappa shape index (κ3) is 2.94. The van der Waals surface area contributed by atoms with Gasteiger partial charge in [-0.15, -0.1) is 11.8 Å². The molecule has 0 aromatic heterocycles. The lowest BCUT2D eigenvalue weighted by Gasteiger charge is -2.35. The molecule has 1 heterocycles. The van der Waals surface area contributed by atoms with Crippen LogP contribution < -0.4 is 5.32 Å². The van der Waals surface area contributed by atoms with Gasteiger partial charge in [-0.3, -0.25) is 4.79 Å². The van der Waals surface area contributed by atoms with E-state index in [2.05, 4.69) is 92.0 Å². The number of thioether (sulfide) groups is 1. The SMILES string of the molecule is CC1(C)C=C2Nc3ccccc3S[C@H](c3cccc4ccccc34)[C@@H]2C(=O)C1. The lowest BCUT2D eigenvalue weighted by molar-refractivity contribution is -0.123. The minimum atomic E-state index is -0.156. The molecular formula is C25H23NOS. The predicted octanol–water partition coefficient (Wildman–Crippen LogP) is 6.60. The molecule has 0 saturated heterocycles. The maximum absolute atomic E-state index is 13.4. The van der Waals surface area contributed by atoms with Crippen LogP contribution in [0.2, 0.25) is 0 Å². The molecule has 0 radical (unpaired) electrons. The maximum atomic E-state index is 13.4. The molecule has 0 saturated carbocycles. The van der Waals surface area contributed by atoms with Crippen LogP contribution in [0.1, 0.15) is 31.1 Å². The second kappa shape index (κ2) is 6.52. The van der Waals surface area contributed by atoms with Crippen molar-refractivity contribution in [2.75, 3.05) is 5.32 Å². The molecule has 1 aliphatic carbocycles. The van der Waals surface area contributed by atoms with Gasteiger partial charge in [0.1, 0.15) is 5.78 Å². The summed E-state index contributed by atoms with van der Waals surface area (Å²) in [6.45, 7) is 4.29. The highest BCUT2D eigenvalue weighted by molar-refractivity contribution is 7.99. The fraction of sp³-hybridized carbons (Fsp3) is 0.240. The number of carbonyl (C=O) groups excluding carboxylic acids is 1. The lowest BCUT2D eigenvalue weighted by Crippen LogP contribution is -2.34. The van der Waals surface area contributed by atoms with Crippen LogP contribution in [0.15, 0.2) is 83.4 Å². The first-order valence-electron chi connectivity index (χ1n) is 9.78. The Kier molecular flexibility index (Phi) is 4.09. The van der Waals surface area contributed by atoms with Crippen molar-refractivity contribution >= 4 is 34.0 Å². The average Bonchev–Trinajstić information content (AvgIpc) is 2.83. The normalized spacial score (nSPS) is 23.2. The Bertz CT molecular complexity index is 1110. The smallest absolute Gasteiger partial charge is 0.144 e. The summed E-state index contributed by atoms with van der Waals surface area (Å²) < 4.78 is 0. The van der Waals surface area contributed by atoms with E-state index in [-0.39, 0.29) is 16.6 Å². The van der Waals surface area contributed by atoms with Gasteiger partial charge in [-0.1, -0.05) is 74.5 Å². The molecule has 0 unspecified atom stereocenters. The van der Waals surface area contributed by atoms with E-state index in [0.717, 1.165) is 11.4 Å². The zero-order valence-corrected chi connectivity index (χ0v) is 16.9. The highest BCUT2D eigenvalue weighted by Gasteiger charge is 2.42.